The number of nitrogens with one attached hydrogen (secondary N) is 1. The summed E-state index contributed by atoms with van der Waals surface area (Å²) in [7, 11) is 0. The Morgan fingerprint density at radius 3 is 2.93 bits per heavy atom. The van der Waals surface area contributed by atoms with E-state index in [0.717, 1.165) is 0 Å². The molecule has 2 saturated heterocycles. The van der Waals surface area contributed by atoms with E-state index in [9.17, 15) is 24.5 Å². The molecule has 3 rings (SSSR count). The number of esters is 1. The maximum absolute atomic E-state index is 12.3. The summed E-state index contributed by atoms with van der Waals surface area (Å²) < 4.78 is 5.09. The van der Waals surface area contributed by atoms with Gasteiger partial charge in [0.15, 0.2) is 6.61 Å². The monoisotopic (exact) mass is 393 g/mol. The third kappa shape index (κ3) is 3.75. The molecule has 2 heterocycles. The molecule has 2 aliphatic heterocycles. The Morgan fingerprint density at radius 2 is 2.22 bits per heavy atom. The summed E-state index contributed by atoms with van der Waals surface area (Å²) in [4.78, 5) is 47.9. The van der Waals surface area contributed by atoms with Crippen LogP contribution >= 0.6 is 11.8 Å². The number of carbonyl (C=O) groups is 3. The molecule has 27 heavy (non-hydrogen) atoms. The number of anilines is 1. The number of nitrogens with zero attached hydrogens (tertiary/aromatic N) is 2. The number of fused-ring (bicyclic) bond motifs is 1. The van der Waals surface area contributed by atoms with E-state index in [-0.39, 0.29) is 22.2 Å². The third-order valence-electron chi connectivity index (χ3n) is 4.77. The molecular weight excluding hydrogens is 374 g/mol. The summed E-state index contributed by atoms with van der Waals surface area (Å²) in [5.74, 6) is -0.867. The lowest BCUT2D eigenvalue weighted by Crippen LogP contribution is -2.47. The smallest absolute Gasteiger partial charge is 0.330 e. The van der Waals surface area contributed by atoms with Crippen molar-refractivity contribution < 1.29 is 24.0 Å². The lowest BCUT2D eigenvalue weighted by molar-refractivity contribution is -0.384. The van der Waals surface area contributed by atoms with Crippen molar-refractivity contribution in [3.8, 4) is 0 Å². The van der Waals surface area contributed by atoms with Crippen LogP contribution in [-0.4, -0.2) is 50.9 Å². The van der Waals surface area contributed by atoms with Crippen molar-refractivity contribution in [1.82, 2.24) is 4.90 Å². The second-order valence-electron chi connectivity index (χ2n) is 6.68. The first-order valence-electron chi connectivity index (χ1n) is 8.39. The fraction of sp³-hybridized carbons (Fsp3) is 0.471. The van der Waals surface area contributed by atoms with E-state index in [2.05, 4.69) is 5.32 Å². The van der Waals surface area contributed by atoms with Crippen molar-refractivity contribution in [2.75, 3.05) is 17.7 Å². The Balaban J connectivity index is 1.58. The molecule has 9 nitrogen and oxygen atoms in total. The molecule has 1 aromatic rings. The van der Waals surface area contributed by atoms with Gasteiger partial charge in [0.2, 0.25) is 5.91 Å². The second kappa shape index (κ2) is 7.18. The van der Waals surface area contributed by atoms with Crippen LogP contribution in [0.4, 0.5) is 11.4 Å². The summed E-state index contributed by atoms with van der Waals surface area (Å²) in [5, 5.41) is 13.4. The Labute approximate surface area is 159 Å². The van der Waals surface area contributed by atoms with Gasteiger partial charge in [0.25, 0.3) is 11.6 Å². The maximum Gasteiger partial charge on any atom is 0.330 e. The van der Waals surface area contributed by atoms with Gasteiger partial charge in [-0.05, 0) is 25.8 Å². The minimum Gasteiger partial charge on any atom is -0.454 e. The highest BCUT2D eigenvalue weighted by Gasteiger charge is 2.53. The number of non-ortho nitro benzene ring substituents is 1. The lowest BCUT2D eigenvalue weighted by Gasteiger charge is -2.29. The molecule has 0 aromatic heterocycles. The third-order valence-corrected chi connectivity index (χ3v) is 6.27. The van der Waals surface area contributed by atoms with Gasteiger partial charge in [-0.1, -0.05) is 6.07 Å². The minimum atomic E-state index is -0.692. The molecular formula is C17H19N3O6S. The zero-order valence-corrected chi connectivity index (χ0v) is 15.7. The minimum absolute atomic E-state index is 0.0823. The van der Waals surface area contributed by atoms with Crippen LogP contribution in [-0.2, 0) is 19.1 Å². The molecule has 2 amide bonds. The number of amides is 2. The summed E-state index contributed by atoms with van der Waals surface area (Å²) in [5.41, 5.74) is 0.776. The lowest BCUT2D eigenvalue weighted by atomic mass is 10.2. The van der Waals surface area contributed by atoms with Crippen molar-refractivity contribution in [3.63, 3.8) is 0 Å². The van der Waals surface area contributed by atoms with E-state index in [4.69, 9.17) is 4.74 Å². The van der Waals surface area contributed by atoms with E-state index < -0.39 is 29.4 Å². The van der Waals surface area contributed by atoms with E-state index in [1.165, 1.54) is 30.0 Å². The quantitative estimate of drug-likeness (QED) is 0.460. The van der Waals surface area contributed by atoms with Gasteiger partial charge in [-0.15, -0.1) is 11.8 Å². The molecule has 0 unspecified atom stereocenters. The Kier molecular flexibility index (Phi) is 5.09. The second-order valence-corrected chi connectivity index (χ2v) is 8.18. The largest absolute Gasteiger partial charge is 0.454 e. The number of rotatable bonds is 5. The van der Waals surface area contributed by atoms with Crippen LogP contribution in [0.1, 0.15) is 25.3 Å². The van der Waals surface area contributed by atoms with E-state index in [1.807, 2.05) is 6.92 Å². The van der Waals surface area contributed by atoms with Gasteiger partial charge in [-0.25, -0.2) is 4.79 Å². The SMILES string of the molecule is Cc1ccc([N+](=O)[O-])cc1NC(=O)COC(=O)[C@@H]1CS[C@]2(C)CCC(=O)N12. The number of carbonyl (C=O) groups excluding carboxylic acids is 3. The standard InChI is InChI=1S/C17H19N3O6S/c1-10-3-4-11(20(24)25)7-12(10)18-14(21)8-26-16(23)13-9-27-17(2)6-5-15(22)19(13)17/h3-4,7,13H,5-6,8-9H2,1-2H3,(H,18,21)/t13-,17+/m0/s1. The maximum atomic E-state index is 12.3. The average Bonchev–Trinajstić information content (AvgIpc) is 3.11. The molecule has 0 radical (unpaired) electrons. The normalized spacial score (nSPS) is 23.9. The molecule has 2 fully saturated rings. The van der Waals surface area contributed by atoms with Crippen molar-refractivity contribution in [3.05, 3.63) is 33.9 Å². The molecule has 1 aromatic carbocycles. The number of thioether (sulfide) groups is 1. The van der Waals surface area contributed by atoms with Crippen LogP contribution in [0.25, 0.3) is 0 Å². The van der Waals surface area contributed by atoms with E-state index in [1.54, 1.807) is 11.8 Å². The summed E-state index contributed by atoms with van der Waals surface area (Å²) in [6.07, 6.45) is 1.09. The van der Waals surface area contributed by atoms with Gasteiger partial charge in [-0.3, -0.25) is 19.7 Å². The van der Waals surface area contributed by atoms with Crippen LogP contribution in [0.15, 0.2) is 18.2 Å². The number of hydrogen-bond donors (Lipinski definition) is 1. The predicted molar refractivity (Wildman–Crippen MR) is 98.2 cm³/mol. The molecule has 144 valence electrons. The van der Waals surface area contributed by atoms with Crippen LogP contribution in [0.5, 0.6) is 0 Å². The van der Waals surface area contributed by atoms with Gasteiger partial charge >= 0.3 is 5.97 Å². The number of hydrogen-bond acceptors (Lipinski definition) is 7. The van der Waals surface area contributed by atoms with Crippen molar-refractivity contribution in [1.29, 1.82) is 0 Å². The summed E-state index contributed by atoms with van der Waals surface area (Å²) in [6, 6.07) is 3.42. The van der Waals surface area contributed by atoms with Gasteiger partial charge < -0.3 is 15.0 Å². The molecule has 1 N–H and O–H groups in total. The van der Waals surface area contributed by atoms with E-state index in [0.29, 0.717) is 24.2 Å². The fourth-order valence-electron chi connectivity index (χ4n) is 3.27. The molecule has 0 bridgehead atoms. The summed E-state index contributed by atoms with van der Waals surface area (Å²) >= 11 is 1.54. The van der Waals surface area contributed by atoms with Crippen molar-refractivity contribution in [2.45, 2.75) is 37.6 Å². The van der Waals surface area contributed by atoms with Crippen LogP contribution in [0, 0.1) is 17.0 Å². The molecule has 0 spiro atoms. The first-order valence-corrected chi connectivity index (χ1v) is 9.37. The zero-order chi connectivity index (χ0) is 19.8. The molecule has 10 heteroatoms. The number of ether oxygens (including phenoxy) is 1. The average molecular weight is 393 g/mol. The number of nitro groups is 1. The number of benzene rings is 1. The predicted octanol–water partition coefficient (Wildman–Crippen LogP) is 1.84. The van der Waals surface area contributed by atoms with Gasteiger partial charge in [-0.2, -0.15) is 0 Å². The fourth-order valence-corrected chi connectivity index (χ4v) is 4.69. The van der Waals surface area contributed by atoms with E-state index >= 15 is 0 Å². The van der Waals surface area contributed by atoms with Crippen LogP contribution in [0.3, 0.4) is 0 Å². The van der Waals surface area contributed by atoms with Crippen molar-refractivity contribution in [2.24, 2.45) is 0 Å². The van der Waals surface area contributed by atoms with Gasteiger partial charge in [0.05, 0.1) is 15.5 Å². The summed E-state index contributed by atoms with van der Waals surface area (Å²) in [6.45, 7) is 3.09. The first-order chi connectivity index (χ1) is 12.7. The Bertz CT molecular complexity index is 829. The topological polar surface area (TPSA) is 119 Å². The Morgan fingerprint density at radius 1 is 1.48 bits per heavy atom. The first kappa shape index (κ1) is 19.2. The van der Waals surface area contributed by atoms with Gasteiger partial charge in [0.1, 0.15) is 6.04 Å². The number of nitro benzene ring substituents is 1. The highest BCUT2D eigenvalue weighted by molar-refractivity contribution is 8.01. The molecule has 0 saturated carbocycles. The van der Waals surface area contributed by atoms with Crippen LogP contribution < -0.4 is 5.32 Å². The van der Waals surface area contributed by atoms with Crippen LogP contribution in [0.2, 0.25) is 0 Å². The highest BCUT2D eigenvalue weighted by Crippen LogP contribution is 2.47. The highest BCUT2D eigenvalue weighted by atomic mass is 32.2. The molecule has 2 atom stereocenters. The number of aryl methyl sites for hydroxylation is 1. The van der Waals surface area contributed by atoms with Gasteiger partial charge in [0, 0.05) is 24.3 Å². The van der Waals surface area contributed by atoms with Crippen molar-refractivity contribution >= 4 is 40.9 Å². The molecule has 0 aliphatic carbocycles. The molecule has 2 aliphatic rings. The zero-order valence-electron chi connectivity index (χ0n) is 14.9. The Hall–Kier alpha value is -2.62.